The summed E-state index contributed by atoms with van der Waals surface area (Å²) in [7, 11) is -3.83. The van der Waals surface area contributed by atoms with Crippen molar-refractivity contribution in [3.05, 3.63) is 121 Å². The van der Waals surface area contributed by atoms with Gasteiger partial charge in [-0.1, -0.05) is 60.7 Å². The standard InChI is InChI=1S/C24H21N2O3P/c27-30(28-21-14-6-2-7-15-21,29-22-16-8-3-9-17-22)24(23-18-10-11-19-25-23)26-20-12-4-1-5-13-20/h1-19,24,26H. The highest BCUT2D eigenvalue weighted by molar-refractivity contribution is 7.55. The second-order valence-corrected chi connectivity index (χ2v) is 8.48. The van der Waals surface area contributed by atoms with Crippen LogP contribution in [0, 0.1) is 0 Å². The molecule has 0 saturated carbocycles. The molecule has 30 heavy (non-hydrogen) atoms. The molecule has 0 amide bonds. The summed E-state index contributed by atoms with van der Waals surface area (Å²) in [5.41, 5.74) is 1.33. The fraction of sp³-hybridized carbons (Fsp3) is 0.0417. The van der Waals surface area contributed by atoms with Gasteiger partial charge >= 0.3 is 7.60 Å². The Labute approximate surface area is 175 Å². The van der Waals surface area contributed by atoms with Crippen molar-refractivity contribution >= 4 is 13.3 Å². The molecule has 150 valence electrons. The molecule has 1 heterocycles. The van der Waals surface area contributed by atoms with Crippen LogP contribution in [-0.4, -0.2) is 4.98 Å². The summed E-state index contributed by atoms with van der Waals surface area (Å²) in [5.74, 6) is 0.0710. The van der Waals surface area contributed by atoms with Crippen LogP contribution in [0.3, 0.4) is 0 Å². The summed E-state index contributed by atoms with van der Waals surface area (Å²) in [5, 5.41) is 3.30. The van der Waals surface area contributed by atoms with Crippen LogP contribution in [-0.2, 0) is 4.57 Å². The number of rotatable bonds is 8. The minimum atomic E-state index is -3.83. The van der Waals surface area contributed by atoms with Gasteiger partial charge in [0, 0.05) is 11.9 Å². The third-order valence-electron chi connectivity index (χ3n) is 4.31. The minimum absolute atomic E-state index is 0.451. The zero-order valence-corrected chi connectivity index (χ0v) is 17.1. The molecule has 1 unspecified atom stereocenters. The Hall–Kier alpha value is -3.56. The van der Waals surface area contributed by atoms with Gasteiger partial charge in [-0.15, -0.1) is 0 Å². The molecule has 6 heteroatoms. The van der Waals surface area contributed by atoms with Gasteiger partial charge in [-0.3, -0.25) is 4.98 Å². The Balaban J connectivity index is 1.78. The molecule has 4 rings (SSSR count). The maximum atomic E-state index is 14.3. The van der Waals surface area contributed by atoms with Gasteiger partial charge in [0.15, 0.2) is 5.78 Å². The number of nitrogens with zero attached hydrogens (tertiary/aromatic N) is 1. The summed E-state index contributed by atoms with van der Waals surface area (Å²) in [4.78, 5) is 4.43. The Morgan fingerprint density at radius 2 is 1.17 bits per heavy atom. The number of para-hydroxylation sites is 3. The maximum Gasteiger partial charge on any atom is 0.459 e. The summed E-state index contributed by atoms with van der Waals surface area (Å²) < 4.78 is 26.4. The number of hydrogen-bond donors (Lipinski definition) is 1. The zero-order chi connectivity index (χ0) is 20.7. The number of anilines is 1. The van der Waals surface area contributed by atoms with Crippen molar-refractivity contribution in [3.8, 4) is 11.5 Å². The van der Waals surface area contributed by atoms with Gasteiger partial charge in [0.1, 0.15) is 11.5 Å². The summed E-state index contributed by atoms with van der Waals surface area (Å²) in [6.45, 7) is 0. The Bertz CT molecular complexity index is 1050. The molecule has 0 aliphatic heterocycles. The first-order valence-electron chi connectivity index (χ1n) is 9.54. The number of pyridine rings is 1. The molecule has 0 saturated heterocycles. The third-order valence-corrected chi connectivity index (χ3v) is 6.27. The van der Waals surface area contributed by atoms with E-state index >= 15 is 0 Å². The Kier molecular flexibility index (Phi) is 6.11. The first kappa shape index (κ1) is 19.7. The summed E-state index contributed by atoms with van der Waals surface area (Å²) >= 11 is 0. The Morgan fingerprint density at radius 1 is 0.667 bits per heavy atom. The second-order valence-electron chi connectivity index (χ2n) is 6.52. The van der Waals surface area contributed by atoms with Crippen LogP contribution < -0.4 is 14.4 Å². The monoisotopic (exact) mass is 416 g/mol. The molecule has 0 spiro atoms. The smallest absolute Gasteiger partial charge is 0.414 e. The fourth-order valence-electron chi connectivity index (χ4n) is 2.93. The average molecular weight is 416 g/mol. The van der Waals surface area contributed by atoms with E-state index in [4.69, 9.17) is 9.05 Å². The lowest BCUT2D eigenvalue weighted by atomic mass is 10.3. The lowest BCUT2D eigenvalue weighted by Crippen LogP contribution is -2.19. The van der Waals surface area contributed by atoms with E-state index in [-0.39, 0.29) is 0 Å². The van der Waals surface area contributed by atoms with Crippen LogP contribution in [0.5, 0.6) is 11.5 Å². The molecule has 0 bridgehead atoms. The van der Waals surface area contributed by atoms with E-state index in [2.05, 4.69) is 10.3 Å². The van der Waals surface area contributed by atoms with Crippen molar-refractivity contribution in [2.45, 2.75) is 5.78 Å². The van der Waals surface area contributed by atoms with Gasteiger partial charge < -0.3 is 14.4 Å². The van der Waals surface area contributed by atoms with Crippen LogP contribution in [0.4, 0.5) is 5.69 Å². The average Bonchev–Trinajstić information content (AvgIpc) is 2.80. The van der Waals surface area contributed by atoms with Crippen LogP contribution >= 0.6 is 7.60 Å². The molecule has 4 aromatic rings. The van der Waals surface area contributed by atoms with Gasteiger partial charge in [-0.05, 0) is 48.5 Å². The second kappa shape index (κ2) is 9.29. The van der Waals surface area contributed by atoms with Gasteiger partial charge in [-0.25, -0.2) is 4.57 Å². The number of hydrogen-bond acceptors (Lipinski definition) is 5. The molecule has 0 aliphatic rings. The Morgan fingerprint density at radius 3 is 1.67 bits per heavy atom. The molecule has 3 aromatic carbocycles. The summed E-state index contributed by atoms with van der Waals surface area (Å²) in [6, 6.07) is 33.0. The van der Waals surface area contributed by atoms with E-state index < -0.39 is 13.4 Å². The van der Waals surface area contributed by atoms with Crippen molar-refractivity contribution in [1.29, 1.82) is 0 Å². The van der Waals surface area contributed by atoms with Crippen LogP contribution in [0.1, 0.15) is 11.5 Å². The lowest BCUT2D eigenvalue weighted by Gasteiger charge is -2.28. The van der Waals surface area contributed by atoms with Gasteiger partial charge in [0.25, 0.3) is 0 Å². The van der Waals surface area contributed by atoms with E-state index in [1.165, 1.54) is 0 Å². The first-order chi connectivity index (χ1) is 14.7. The van der Waals surface area contributed by atoms with E-state index in [1.807, 2.05) is 78.9 Å². The largest absolute Gasteiger partial charge is 0.459 e. The predicted octanol–water partition coefficient (Wildman–Crippen LogP) is 6.54. The molecular weight excluding hydrogens is 395 g/mol. The van der Waals surface area contributed by atoms with Crippen molar-refractivity contribution in [1.82, 2.24) is 4.98 Å². The van der Waals surface area contributed by atoms with E-state index in [1.54, 1.807) is 36.5 Å². The minimum Gasteiger partial charge on any atom is -0.414 e. The highest BCUT2D eigenvalue weighted by Crippen LogP contribution is 2.59. The van der Waals surface area contributed by atoms with E-state index in [0.717, 1.165) is 5.69 Å². The van der Waals surface area contributed by atoms with Crippen molar-refractivity contribution in [2.24, 2.45) is 0 Å². The predicted molar refractivity (Wildman–Crippen MR) is 119 cm³/mol. The number of nitrogens with one attached hydrogen (secondary N) is 1. The van der Waals surface area contributed by atoms with Crippen molar-refractivity contribution in [2.75, 3.05) is 5.32 Å². The maximum absolute atomic E-state index is 14.3. The number of benzene rings is 3. The molecule has 0 aliphatic carbocycles. The van der Waals surface area contributed by atoms with Gasteiger partial charge in [-0.2, -0.15) is 0 Å². The SMILES string of the molecule is O=P(Oc1ccccc1)(Oc1ccccc1)C(Nc1ccccc1)c1ccccn1. The lowest BCUT2D eigenvalue weighted by molar-refractivity contribution is 0.375. The molecule has 1 N–H and O–H groups in total. The van der Waals surface area contributed by atoms with E-state index in [0.29, 0.717) is 17.2 Å². The van der Waals surface area contributed by atoms with Crippen molar-refractivity contribution in [3.63, 3.8) is 0 Å². The molecule has 0 radical (unpaired) electrons. The molecule has 0 fully saturated rings. The quantitative estimate of drug-likeness (QED) is 0.330. The molecule has 1 aromatic heterocycles. The van der Waals surface area contributed by atoms with Gasteiger partial charge in [0.05, 0.1) is 5.69 Å². The van der Waals surface area contributed by atoms with Gasteiger partial charge in [0.2, 0.25) is 0 Å². The fourth-order valence-corrected chi connectivity index (χ4v) is 4.79. The number of aromatic nitrogens is 1. The van der Waals surface area contributed by atoms with Crippen LogP contribution in [0.2, 0.25) is 0 Å². The molecule has 1 atom stereocenters. The zero-order valence-electron chi connectivity index (χ0n) is 16.2. The molecule has 5 nitrogen and oxygen atoms in total. The third kappa shape index (κ3) is 4.88. The van der Waals surface area contributed by atoms with Crippen LogP contribution in [0.25, 0.3) is 0 Å². The van der Waals surface area contributed by atoms with Crippen molar-refractivity contribution < 1.29 is 13.6 Å². The van der Waals surface area contributed by atoms with E-state index in [9.17, 15) is 4.57 Å². The highest BCUT2D eigenvalue weighted by Gasteiger charge is 2.42. The van der Waals surface area contributed by atoms with Crippen LogP contribution in [0.15, 0.2) is 115 Å². The topological polar surface area (TPSA) is 60.5 Å². The normalized spacial score (nSPS) is 12.0. The highest BCUT2D eigenvalue weighted by atomic mass is 31.2. The molecular formula is C24H21N2O3P. The first-order valence-corrected chi connectivity index (χ1v) is 11.2. The summed E-state index contributed by atoms with van der Waals surface area (Å²) in [6.07, 6.45) is 1.66.